The summed E-state index contributed by atoms with van der Waals surface area (Å²) in [5.74, 6) is 0.00523. The van der Waals surface area contributed by atoms with Gasteiger partial charge in [-0.1, -0.05) is 0 Å². The van der Waals surface area contributed by atoms with Gasteiger partial charge in [-0.25, -0.2) is 0 Å². The van der Waals surface area contributed by atoms with Crippen LogP contribution in [0.25, 0.3) is 0 Å². The Bertz CT molecular complexity index is 675. The SMILES string of the molecule is COC(=O)C(C)(C)CCS(=O)c1ccc(S(=O)CCC(C)(C)C(=O)OC)cc1. The van der Waals surface area contributed by atoms with E-state index >= 15 is 0 Å². The van der Waals surface area contributed by atoms with Crippen molar-refractivity contribution in [1.29, 1.82) is 0 Å². The lowest BCUT2D eigenvalue weighted by Gasteiger charge is -2.21. The Labute approximate surface area is 172 Å². The first-order valence-electron chi connectivity index (χ1n) is 8.98. The van der Waals surface area contributed by atoms with Gasteiger partial charge in [0.25, 0.3) is 0 Å². The van der Waals surface area contributed by atoms with Gasteiger partial charge in [-0.2, -0.15) is 0 Å². The van der Waals surface area contributed by atoms with E-state index in [-0.39, 0.29) is 11.9 Å². The molecule has 0 bridgehead atoms. The molecular formula is C20H30O6S2. The van der Waals surface area contributed by atoms with Crippen LogP contribution in [0.2, 0.25) is 0 Å². The lowest BCUT2D eigenvalue weighted by molar-refractivity contribution is -0.151. The Hall–Kier alpha value is -1.54. The fourth-order valence-corrected chi connectivity index (χ4v) is 5.17. The minimum absolute atomic E-state index is 0.329. The minimum atomic E-state index is -1.26. The van der Waals surface area contributed by atoms with Crippen molar-refractivity contribution < 1.29 is 27.5 Å². The summed E-state index contributed by atoms with van der Waals surface area (Å²) < 4.78 is 34.5. The lowest BCUT2D eigenvalue weighted by atomic mass is 9.90. The Morgan fingerprint density at radius 1 is 0.750 bits per heavy atom. The molecule has 0 aliphatic carbocycles. The van der Waals surface area contributed by atoms with Gasteiger partial charge >= 0.3 is 11.9 Å². The van der Waals surface area contributed by atoms with Crippen LogP contribution in [0.4, 0.5) is 0 Å². The Morgan fingerprint density at radius 2 is 1.04 bits per heavy atom. The summed E-state index contributed by atoms with van der Waals surface area (Å²) in [7, 11) is 0.153. The number of carbonyl (C=O) groups is 2. The summed E-state index contributed by atoms with van der Waals surface area (Å²) in [5, 5.41) is 0. The van der Waals surface area contributed by atoms with Crippen molar-refractivity contribution in [1.82, 2.24) is 0 Å². The van der Waals surface area contributed by atoms with Crippen LogP contribution in [0.5, 0.6) is 0 Å². The summed E-state index contributed by atoms with van der Waals surface area (Å²) in [6, 6.07) is 6.78. The molecule has 0 saturated heterocycles. The van der Waals surface area contributed by atoms with Crippen molar-refractivity contribution in [2.24, 2.45) is 10.8 Å². The molecule has 6 nitrogen and oxygen atoms in total. The molecule has 0 aromatic heterocycles. The van der Waals surface area contributed by atoms with Gasteiger partial charge in [-0.3, -0.25) is 18.0 Å². The molecule has 158 valence electrons. The van der Waals surface area contributed by atoms with Crippen LogP contribution in [0.1, 0.15) is 40.5 Å². The predicted molar refractivity (Wildman–Crippen MR) is 110 cm³/mol. The number of esters is 2. The molecule has 2 unspecified atom stereocenters. The maximum absolute atomic E-state index is 12.5. The van der Waals surface area contributed by atoms with Crippen LogP contribution < -0.4 is 0 Å². The van der Waals surface area contributed by atoms with Crippen molar-refractivity contribution in [3.05, 3.63) is 24.3 Å². The topological polar surface area (TPSA) is 86.7 Å². The molecule has 1 aromatic carbocycles. The minimum Gasteiger partial charge on any atom is -0.469 e. The van der Waals surface area contributed by atoms with E-state index in [2.05, 4.69) is 0 Å². The first kappa shape index (κ1) is 24.5. The van der Waals surface area contributed by atoms with Crippen LogP contribution in [-0.2, 0) is 40.7 Å². The molecule has 0 amide bonds. The predicted octanol–water partition coefficient (Wildman–Crippen LogP) is 3.08. The number of rotatable bonds is 10. The standard InChI is InChI=1S/C20H30O6S2/c1-19(2,17(21)25-5)11-13-27(23)15-7-9-16(10-8-15)28(24)14-12-20(3,4)18(22)26-6/h7-10H,11-14H2,1-6H3. The van der Waals surface area contributed by atoms with Crippen LogP contribution >= 0.6 is 0 Å². The zero-order chi connectivity index (χ0) is 21.5. The summed E-state index contributed by atoms with van der Waals surface area (Å²) in [4.78, 5) is 24.7. The molecule has 0 aliphatic rings. The number of carbonyl (C=O) groups excluding carboxylic acids is 2. The molecule has 0 fully saturated rings. The molecule has 0 aliphatic heterocycles. The largest absolute Gasteiger partial charge is 0.469 e. The third-order valence-electron chi connectivity index (χ3n) is 4.65. The van der Waals surface area contributed by atoms with Crippen molar-refractivity contribution in [3.63, 3.8) is 0 Å². The highest BCUT2D eigenvalue weighted by atomic mass is 32.2. The van der Waals surface area contributed by atoms with E-state index in [0.29, 0.717) is 34.1 Å². The monoisotopic (exact) mass is 430 g/mol. The molecule has 8 heteroatoms. The van der Waals surface area contributed by atoms with Gasteiger partial charge in [0.2, 0.25) is 0 Å². The first-order valence-corrected chi connectivity index (χ1v) is 11.6. The van der Waals surface area contributed by atoms with Gasteiger partial charge in [0.15, 0.2) is 0 Å². The Balaban J connectivity index is 2.67. The highest BCUT2D eigenvalue weighted by Crippen LogP contribution is 2.25. The van der Waals surface area contributed by atoms with E-state index in [1.165, 1.54) is 14.2 Å². The molecule has 1 rings (SSSR count). The van der Waals surface area contributed by atoms with Crippen molar-refractivity contribution in [2.45, 2.75) is 50.3 Å². The van der Waals surface area contributed by atoms with Crippen LogP contribution in [0.15, 0.2) is 34.1 Å². The van der Waals surface area contributed by atoms with E-state index in [1.807, 2.05) is 0 Å². The summed E-state index contributed by atoms with van der Waals surface area (Å²) >= 11 is 0. The average Bonchev–Trinajstić information content (AvgIpc) is 2.68. The van der Waals surface area contributed by atoms with Crippen molar-refractivity contribution in [3.8, 4) is 0 Å². The second kappa shape index (κ2) is 10.3. The molecule has 2 atom stereocenters. The Morgan fingerprint density at radius 3 is 1.29 bits per heavy atom. The molecule has 0 N–H and O–H groups in total. The van der Waals surface area contributed by atoms with Crippen molar-refractivity contribution in [2.75, 3.05) is 25.7 Å². The fraction of sp³-hybridized carbons (Fsp3) is 0.600. The van der Waals surface area contributed by atoms with E-state index in [9.17, 15) is 18.0 Å². The zero-order valence-electron chi connectivity index (χ0n) is 17.4. The van der Waals surface area contributed by atoms with Gasteiger partial charge in [0, 0.05) is 21.3 Å². The number of methoxy groups -OCH3 is 2. The molecular weight excluding hydrogens is 400 g/mol. The second-order valence-electron chi connectivity index (χ2n) is 7.82. The number of ether oxygens (including phenoxy) is 2. The molecule has 1 aromatic rings. The third-order valence-corrected chi connectivity index (χ3v) is 7.40. The van der Waals surface area contributed by atoms with Crippen LogP contribution in [0.3, 0.4) is 0 Å². The highest BCUT2D eigenvalue weighted by Gasteiger charge is 2.30. The van der Waals surface area contributed by atoms with Crippen LogP contribution in [-0.4, -0.2) is 46.1 Å². The molecule has 0 radical (unpaired) electrons. The van der Waals surface area contributed by atoms with Gasteiger partial charge in [-0.15, -0.1) is 0 Å². The quantitative estimate of drug-likeness (QED) is 0.530. The van der Waals surface area contributed by atoms with E-state index in [1.54, 1.807) is 52.0 Å². The van der Waals surface area contributed by atoms with E-state index in [0.717, 1.165) is 0 Å². The maximum Gasteiger partial charge on any atom is 0.311 e. The molecule has 0 heterocycles. The Kier molecular flexibility index (Phi) is 9.01. The zero-order valence-corrected chi connectivity index (χ0v) is 19.0. The smallest absolute Gasteiger partial charge is 0.311 e. The lowest BCUT2D eigenvalue weighted by Crippen LogP contribution is -2.27. The van der Waals surface area contributed by atoms with Gasteiger partial charge in [0.1, 0.15) is 0 Å². The summed E-state index contributed by atoms with van der Waals surface area (Å²) in [5.41, 5.74) is -1.39. The van der Waals surface area contributed by atoms with E-state index < -0.39 is 32.4 Å². The fourth-order valence-electron chi connectivity index (χ4n) is 2.43. The number of benzene rings is 1. The normalized spacial score (nSPS) is 14.2. The molecule has 0 spiro atoms. The third kappa shape index (κ3) is 6.81. The number of hydrogen-bond acceptors (Lipinski definition) is 6. The summed E-state index contributed by atoms with van der Waals surface area (Å²) in [6.07, 6.45) is 0.866. The van der Waals surface area contributed by atoms with Gasteiger partial charge in [-0.05, 0) is 64.8 Å². The maximum atomic E-state index is 12.5. The van der Waals surface area contributed by atoms with Gasteiger partial charge in [0.05, 0.1) is 46.6 Å². The molecule has 28 heavy (non-hydrogen) atoms. The highest BCUT2D eigenvalue weighted by molar-refractivity contribution is 7.85. The second-order valence-corrected chi connectivity index (χ2v) is 11.0. The van der Waals surface area contributed by atoms with E-state index in [4.69, 9.17) is 9.47 Å². The summed E-state index contributed by atoms with van der Waals surface area (Å²) in [6.45, 7) is 7.05. The number of hydrogen-bond donors (Lipinski definition) is 0. The van der Waals surface area contributed by atoms with Crippen LogP contribution in [0, 0.1) is 10.8 Å². The van der Waals surface area contributed by atoms with Gasteiger partial charge < -0.3 is 9.47 Å². The molecule has 0 saturated carbocycles. The van der Waals surface area contributed by atoms with Crippen molar-refractivity contribution >= 4 is 33.5 Å². The average molecular weight is 431 g/mol. The first-order chi connectivity index (χ1) is 12.9.